The van der Waals surface area contributed by atoms with Crippen LogP contribution in [0.1, 0.15) is 18.4 Å². The number of rotatable bonds is 4. The third-order valence-corrected chi connectivity index (χ3v) is 3.00. The summed E-state index contributed by atoms with van der Waals surface area (Å²) in [5.41, 5.74) is 0.899. The first kappa shape index (κ1) is 13.7. The van der Waals surface area contributed by atoms with Crippen molar-refractivity contribution < 1.29 is 24.3 Å². The van der Waals surface area contributed by atoms with Crippen molar-refractivity contribution in [2.45, 2.75) is 18.9 Å². The zero-order valence-corrected chi connectivity index (χ0v) is 10.5. The average molecular weight is 276 g/mol. The second kappa shape index (κ2) is 5.12. The number of benzene rings is 1. The van der Waals surface area contributed by atoms with Crippen molar-refractivity contribution in [3.8, 4) is 0 Å². The molecule has 1 aliphatic heterocycles. The molecule has 20 heavy (non-hydrogen) atoms. The van der Waals surface area contributed by atoms with E-state index in [-0.39, 0.29) is 0 Å². The Morgan fingerprint density at radius 3 is 2.60 bits per heavy atom. The summed E-state index contributed by atoms with van der Waals surface area (Å²) in [5.74, 6) is -5.14. The number of anilines is 1. The zero-order chi connectivity index (χ0) is 14.9. The molecule has 0 aliphatic carbocycles. The van der Waals surface area contributed by atoms with E-state index in [4.69, 9.17) is 5.11 Å². The van der Waals surface area contributed by atoms with Gasteiger partial charge in [-0.3, -0.25) is 19.2 Å². The second-order valence-corrected chi connectivity index (χ2v) is 4.41. The van der Waals surface area contributed by atoms with Crippen LogP contribution in [0, 0.1) is 0 Å². The Labute approximate surface area is 114 Å². The third kappa shape index (κ3) is 2.37. The fourth-order valence-electron chi connectivity index (χ4n) is 1.93. The predicted octanol–water partition coefficient (Wildman–Crippen LogP) is -0.119. The van der Waals surface area contributed by atoms with Crippen LogP contribution in [0.2, 0.25) is 0 Å². The van der Waals surface area contributed by atoms with Gasteiger partial charge >= 0.3 is 5.97 Å². The first-order chi connectivity index (χ1) is 9.41. The van der Waals surface area contributed by atoms with Crippen LogP contribution in [0.25, 0.3) is 0 Å². The van der Waals surface area contributed by atoms with Gasteiger partial charge in [0.1, 0.15) is 12.0 Å². The summed E-state index contributed by atoms with van der Waals surface area (Å²) < 4.78 is 0. The van der Waals surface area contributed by atoms with Crippen molar-refractivity contribution in [2.75, 3.05) is 5.32 Å². The maximum Gasteiger partial charge on any atom is 0.325 e. The van der Waals surface area contributed by atoms with E-state index in [0.717, 1.165) is 0 Å². The number of carboxylic acid groups (broad SMARTS) is 1. The molecule has 0 radical (unpaired) electrons. The number of hydrogen-bond donors (Lipinski definition) is 3. The van der Waals surface area contributed by atoms with Crippen LogP contribution in [0.3, 0.4) is 0 Å². The van der Waals surface area contributed by atoms with E-state index in [0.29, 0.717) is 11.3 Å². The lowest BCUT2D eigenvalue weighted by Gasteiger charge is -2.11. The van der Waals surface area contributed by atoms with Gasteiger partial charge < -0.3 is 15.7 Å². The lowest BCUT2D eigenvalue weighted by Crippen LogP contribution is -2.44. The Morgan fingerprint density at radius 1 is 1.30 bits per heavy atom. The molecule has 1 aliphatic rings. The van der Waals surface area contributed by atoms with E-state index >= 15 is 0 Å². The van der Waals surface area contributed by atoms with E-state index in [1.165, 1.54) is 6.92 Å². The molecule has 2 amide bonds. The van der Waals surface area contributed by atoms with Crippen LogP contribution in [0.15, 0.2) is 24.3 Å². The maximum absolute atomic E-state index is 12.0. The van der Waals surface area contributed by atoms with Crippen molar-refractivity contribution in [3.63, 3.8) is 0 Å². The number of carbonyl (C=O) groups is 4. The summed E-state index contributed by atoms with van der Waals surface area (Å²) in [5, 5.41) is 13.2. The van der Waals surface area contributed by atoms with Crippen LogP contribution >= 0.6 is 0 Å². The average Bonchev–Trinajstić information content (AvgIpc) is 2.73. The molecule has 1 aromatic rings. The summed E-state index contributed by atoms with van der Waals surface area (Å²) in [4.78, 5) is 46.1. The molecule has 104 valence electrons. The molecule has 2 atom stereocenters. The molecular formula is C13H12N2O5. The standard InChI is InChI=1S/C13H12N2O5/c1-6(13(19)20)14-12(18)10(16)9-7-4-2-3-5-8(7)15-11(9)17/h2-6,9H,1H3,(H,14,18)(H,15,17)(H,19,20)/t6-,9-/m1/s1. The third-order valence-electron chi connectivity index (χ3n) is 3.00. The van der Waals surface area contributed by atoms with Crippen molar-refractivity contribution in [2.24, 2.45) is 0 Å². The van der Waals surface area contributed by atoms with Gasteiger partial charge in [-0.15, -0.1) is 0 Å². The molecule has 0 fully saturated rings. The summed E-state index contributed by atoms with van der Waals surface area (Å²) in [7, 11) is 0. The Kier molecular flexibility index (Phi) is 3.51. The van der Waals surface area contributed by atoms with Gasteiger partial charge in [-0.25, -0.2) is 0 Å². The minimum absolute atomic E-state index is 0.417. The number of para-hydroxylation sites is 1. The Balaban J connectivity index is 2.19. The van der Waals surface area contributed by atoms with Crippen molar-refractivity contribution in [3.05, 3.63) is 29.8 Å². The summed E-state index contributed by atoms with van der Waals surface area (Å²) in [6.45, 7) is 1.23. The Bertz CT molecular complexity index is 611. The van der Waals surface area contributed by atoms with Crippen LogP contribution in [0.5, 0.6) is 0 Å². The molecule has 0 saturated carbocycles. The number of nitrogens with one attached hydrogen (secondary N) is 2. The highest BCUT2D eigenvalue weighted by molar-refractivity contribution is 6.44. The fraction of sp³-hybridized carbons (Fsp3) is 0.231. The molecule has 0 unspecified atom stereocenters. The Hall–Kier alpha value is -2.70. The van der Waals surface area contributed by atoms with Gasteiger partial charge in [0.15, 0.2) is 0 Å². The van der Waals surface area contributed by atoms with Crippen molar-refractivity contribution >= 4 is 29.3 Å². The monoisotopic (exact) mass is 276 g/mol. The summed E-state index contributed by atoms with van der Waals surface area (Å²) in [6, 6.07) is 5.34. The van der Waals surface area contributed by atoms with Crippen molar-refractivity contribution in [1.82, 2.24) is 5.32 Å². The van der Waals surface area contributed by atoms with E-state index in [2.05, 4.69) is 5.32 Å². The molecule has 2 rings (SSSR count). The number of aliphatic carboxylic acids is 1. The number of ketones is 1. The molecule has 0 saturated heterocycles. The minimum Gasteiger partial charge on any atom is -0.480 e. The lowest BCUT2D eigenvalue weighted by molar-refractivity contribution is -0.144. The smallest absolute Gasteiger partial charge is 0.325 e. The highest BCUT2D eigenvalue weighted by Crippen LogP contribution is 2.32. The highest BCUT2D eigenvalue weighted by Gasteiger charge is 2.39. The predicted molar refractivity (Wildman–Crippen MR) is 68.1 cm³/mol. The van der Waals surface area contributed by atoms with Gasteiger partial charge in [-0.1, -0.05) is 18.2 Å². The number of fused-ring (bicyclic) bond motifs is 1. The van der Waals surface area contributed by atoms with Crippen molar-refractivity contribution in [1.29, 1.82) is 0 Å². The highest BCUT2D eigenvalue weighted by atomic mass is 16.4. The molecule has 0 spiro atoms. The molecule has 1 aromatic carbocycles. The van der Waals surface area contributed by atoms with Gasteiger partial charge in [0.2, 0.25) is 11.7 Å². The van der Waals surface area contributed by atoms with Crippen LogP contribution < -0.4 is 10.6 Å². The van der Waals surface area contributed by atoms with Gasteiger partial charge in [-0.2, -0.15) is 0 Å². The van der Waals surface area contributed by atoms with Gasteiger partial charge in [0.25, 0.3) is 5.91 Å². The lowest BCUT2D eigenvalue weighted by atomic mass is 9.95. The quantitative estimate of drug-likeness (QED) is 0.524. The van der Waals surface area contributed by atoms with E-state index < -0.39 is 35.5 Å². The van der Waals surface area contributed by atoms with Gasteiger partial charge in [0.05, 0.1) is 0 Å². The van der Waals surface area contributed by atoms with Crippen LogP contribution in [0.4, 0.5) is 5.69 Å². The number of amides is 2. The fourth-order valence-corrected chi connectivity index (χ4v) is 1.93. The molecular weight excluding hydrogens is 264 g/mol. The van der Waals surface area contributed by atoms with Crippen LogP contribution in [-0.4, -0.2) is 34.7 Å². The summed E-state index contributed by atoms with van der Waals surface area (Å²) in [6.07, 6.45) is 0. The van der Waals surface area contributed by atoms with Crippen LogP contribution in [-0.2, 0) is 19.2 Å². The molecule has 7 heteroatoms. The minimum atomic E-state index is -1.26. The molecule has 0 bridgehead atoms. The largest absolute Gasteiger partial charge is 0.480 e. The summed E-state index contributed by atoms with van der Waals surface area (Å²) >= 11 is 0. The topological polar surface area (TPSA) is 113 Å². The molecule has 3 N–H and O–H groups in total. The van der Waals surface area contributed by atoms with Gasteiger partial charge in [-0.05, 0) is 18.6 Å². The molecule has 0 aromatic heterocycles. The van der Waals surface area contributed by atoms with Gasteiger partial charge in [0, 0.05) is 5.69 Å². The molecule has 7 nitrogen and oxygen atoms in total. The zero-order valence-electron chi connectivity index (χ0n) is 10.5. The normalized spacial score (nSPS) is 17.9. The number of carboxylic acids is 1. The SMILES string of the molecule is C[C@@H](NC(=O)C(=O)[C@@H]1C(=O)Nc2ccccc21)C(=O)O. The Morgan fingerprint density at radius 2 is 1.95 bits per heavy atom. The maximum atomic E-state index is 12.0. The first-order valence-corrected chi connectivity index (χ1v) is 5.89. The second-order valence-electron chi connectivity index (χ2n) is 4.41. The van der Waals surface area contributed by atoms with E-state index in [1.54, 1.807) is 24.3 Å². The number of Topliss-reactive ketones (excluding diaryl/α,β-unsaturated/α-hetero) is 1. The number of carbonyl (C=O) groups excluding carboxylic acids is 3. The van der Waals surface area contributed by atoms with E-state index in [1.807, 2.05) is 5.32 Å². The molecule has 1 heterocycles. The first-order valence-electron chi connectivity index (χ1n) is 5.89. The number of hydrogen-bond acceptors (Lipinski definition) is 4. The van der Waals surface area contributed by atoms with E-state index in [9.17, 15) is 19.2 Å².